The highest BCUT2D eigenvalue weighted by Gasteiger charge is 2.57. The minimum Gasteiger partial charge on any atom is -0.361 e. The molecular weight excluding hydrogens is 562 g/mol. The first-order chi connectivity index (χ1) is 20.7. The molecule has 3 heterocycles. The number of fused-ring (bicyclic) bond motifs is 3. The molecule has 43 heavy (non-hydrogen) atoms. The minimum absolute atomic E-state index is 0.247. The number of anilines is 1. The molecule has 3 aromatic carbocycles. The number of sulfonamides is 1. The molecule has 2 amide bonds. The number of likely N-dealkylation sites (N-methyl/N-ethyl adjacent to an activating group) is 1. The number of para-hydroxylation sites is 2. The van der Waals surface area contributed by atoms with Crippen molar-refractivity contribution in [2.75, 3.05) is 30.7 Å². The van der Waals surface area contributed by atoms with E-state index in [1.165, 1.54) is 4.31 Å². The summed E-state index contributed by atoms with van der Waals surface area (Å²) in [5.41, 5.74) is 3.50. The van der Waals surface area contributed by atoms with Gasteiger partial charge in [-0.05, 0) is 54.8 Å². The molecule has 0 bridgehead atoms. The molecular formula is C33H37N5O4S. The third kappa shape index (κ3) is 5.41. The number of amides is 2. The van der Waals surface area contributed by atoms with Crippen LogP contribution in [0.5, 0.6) is 0 Å². The van der Waals surface area contributed by atoms with E-state index in [1.54, 1.807) is 24.1 Å². The summed E-state index contributed by atoms with van der Waals surface area (Å²) in [6, 6.07) is 23.0. The van der Waals surface area contributed by atoms with Gasteiger partial charge in [0.25, 0.3) is 0 Å². The summed E-state index contributed by atoms with van der Waals surface area (Å²) in [5.74, 6) is -0.710. The molecule has 1 saturated heterocycles. The minimum atomic E-state index is -3.83. The van der Waals surface area contributed by atoms with Gasteiger partial charge in [0.2, 0.25) is 21.8 Å². The van der Waals surface area contributed by atoms with Crippen molar-refractivity contribution in [3.63, 3.8) is 0 Å². The standard InChI is InChI=1S/C33H37N5O4S/c1-37(22-23-10-4-3-5-11-23)32(40)28(20-24-21-35-27-14-8-6-12-25(24)27)36-31(39)30-33(16-18-34-19-17-33)26-13-7-9-15-29(26)38(30)43(2,41)42/h3-15,21,28,30,34-35H,16-20,22H2,1-2H3,(H,36,39)/t28-,30?/m0/s1. The maximum atomic E-state index is 14.5. The fourth-order valence-electron chi connectivity index (χ4n) is 6.91. The smallest absolute Gasteiger partial charge is 0.245 e. The van der Waals surface area contributed by atoms with Crippen molar-refractivity contribution >= 4 is 38.4 Å². The van der Waals surface area contributed by atoms with Gasteiger partial charge in [0.1, 0.15) is 12.1 Å². The van der Waals surface area contributed by atoms with Gasteiger partial charge in [-0.15, -0.1) is 0 Å². The van der Waals surface area contributed by atoms with Gasteiger partial charge in [0, 0.05) is 42.5 Å². The Labute approximate surface area is 252 Å². The molecule has 6 rings (SSSR count). The van der Waals surface area contributed by atoms with Crippen LogP contribution < -0.4 is 14.9 Å². The molecule has 1 spiro atoms. The Kier molecular flexibility index (Phi) is 7.74. The third-order valence-electron chi connectivity index (χ3n) is 8.89. The van der Waals surface area contributed by atoms with Crippen LogP contribution in [0.15, 0.2) is 85.1 Å². The molecule has 4 aromatic rings. The Morgan fingerprint density at radius 2 is 1.67 bits per heavy atom. The maximum absolute atomic E-state index is 14.5. The predicted octanol–water partition coefficient (Wildman–Crippen LogP) is 3.32. The highest BCUT2D eigenvalue weighted by atomic mass is 32.2. The van der Waals surface area contributed by atoms with Crippen LogP contribution in [-0.2, 0) is 38.0 Å². The van der Waals surface area contributed by atoms with Gasteiger partial charge in [-0.3, -0.25) is 13.9 Å². The Balaban J connectivity index is 1.37. The van der Waals surface area contributed by atoms with E-state index in [0.29, 0.717) is 38.2 Å². The first kappa shape index (κ1) is 28.9. The number of hydrogen-bond acceptors (Lipinski definition) is 5. The summed E-state index contributed by atoms with van der Waals surface area (Å²) in [7, 11) is -2.10. The SMILES string of the molecule is CN(Cc1ccccc1)C(=O)[C@H](Cc1c[nH]c2ccccc12)NC(=O)C1N(S(C)(=O)=O)c2ccccc2C12CCNCC2. The number of nitrogens with one attached hydrogen (secondary N) is 3. The van der Waals surface area contributed by atoms with Crippen LogP contribution in [0.3, 0.4) is 0 Å². The third-order valence-corrected chi connectivity index (χ3v) is 10.0. The summed E-state index contributed by atoms with van der Waals surface area (Å²) >= 11 is 0. The van der Waals surface area contributed by atoms with E-state index in [-0.39, 0.29) is 12.3 Å². The van der Waals surface area contributed by atoms with E-state index in [4.69, 9.17) is 0 Å². The van der Waals surface area contributed by atoms with Gasteiger partial charge >= 0.3 is 0 Å². The van der Waals surface area contributed by atoms with Crippen LogP contribution in [0.25, 0.3) is 10.9 Å². The molecule has 1 aromatic heterocycles. The molecule has 3 N–H and O–H groups in total. The normalized spacial score (nSPS) is 18.4. The fraction of sp³-hybridized carbons (Fsp3) is 0.333. The lowest BCUT2D eigenvalue weighted by atomic mass is 9.69. The maximum Gasteiger partial charge on any atom is 0.245 e. The van der Waals surface area contributed by atoms with Crippen LogP contribution in [0.1, 0.15) is 29.5 Å². The molecule has 2 aliphatic heterocycles. The van der Waals surface area contributed by atoms with Gasteiger partial charge < -0.3 is 20.5 Å². The van der Waals surface area contributed by atoms with Crippen LogP contribution in [0.4, 0.5) is 5.69 Å². The van der Waals surface area contributed by atoms with Gasteiger partial charge in [-0.25, -0.2) is 8.42 Å². The van der Waals surface area contributed by atoms with Crippen LogP contribution in [0.2, 0.25) is 0 Å². The number of aromatic amines is 1. The van der Waals surface area contributed by atoms with E-state index in [9.17, 15) is 18.0 Å². The largest absolute Gasteiger partial charge is 0.361 e. The van der Waals surface area contributed by atoms with Gasteiger partial charge in [-0.1, -0.05) is 66.7 Å². The van der Waals surface area contributed by atoms with E-state index in [1.807, 2.05) is 72.9 Å². The first-order valence-electron chi connectivity index (χ1n) is 14.6. The van der Waals surface area contributed by atoms with Crippen LogP contribution in [0, 0.1) is 0 Å². The van der Waals surface area contributed by atoms with Crippen LogP contribution >= 0.6 is 0 Å². The number of carbonyl (C=O) groups is 2. The second-order valence-electron chi connectivity index (χ2n) is 11.7. The Hall–Kier alpha value is -4.15. The first-order valence-corrected chi connectivity index (χ1v) is 16.5. The van der Waals surface area contributed by atoms with E-state index in [2.05, 4.69) is 15.6 Å². The number of nitrogens with zero attached hydrogens (tertiary/aromatic N) is 2. The van der Waals surface area contributed by atoms with Crippen molar-refractivity contribution in [2.45, 2.75) is 43.3 Å². The van der Waals surface area contributed by atoms with Gasteiger partial charge in [0.05, 0.1) is 11.9 Å². The fourth-order valence-corrected chi connectivity index (χ4v) is 8.11. The zero-order valence-corrected chi connectivity index (χ0v) is 25.2. The Morgan fingerprint density at radius 1 is 1.00 bits per heavy atom. The lowest BCUT2D eigenvalue weighted by Crippen LogP contribution is -2.61. The average molecular weight is 600 g/mol. The highest BCUT2D eigenvalue weighted by Crippen LogP contribution is 2.51. The number of H-pyrrole nitrogens is 1. The summed E-state index contributed by atoms with van der Waals surface area (Å²) in [6.07, 6.45) is 4.47. The number of carbonyl (C=O) groups excluding carboxylic acids is 2. The van der Waals surface area contributed by atoms with Crippen LogP contribution in [-0.4, -0.2) is 68.6 Å². The van der Waals surface area contributed by atoms with Crippen molar-refractivity contribution < 1.29 is 18.0 Å². The van der Waals surface area contributed by atoms with E-state index < -0.39 is 33.4 Å². The van der Waals surface area contributed by atoms with Crippen molar-refractivity contribution in [1.82, 2.24) is 20.5 Å². The summed E-state index contributed by atoms with van der Waals surface area (Å²) in [5, 5.41) is 7.40. The molecule has 1 unspecified atom stereocenters. The molecule has 10 heteroatoms. The zero-order valence-electron chi connectivity index (χ0n) is 24.4. The quantitative estimate of drug-likeness (QED) is 0.288. The second kappa shape index (κ2) is 11.5. The number of benzene rings is 3. The monoisotopic (exact) mass is 599 g/mol. The van der Waals surface area contributed by atoms with Crippen molar-refractivity contribution in [3.05, 3.63) is 102 Å². The summed E-state index contributed by atoms with van der Waals surface area (Å²) < 4.78 is 27.9. The average Bonchev–Trinajstić information content (AvgIpc) is 3.54. The van der Waals surface area contributed by atoms with Gasteiger partial charge in [0.15, 0.2) is 0 Å². The second-order valence-corrected chi connectivity index (χ2v) is 13.5. The zero-order chi connectivity index (χ0) is 30.2. The molecule has 0 aliphatic carbocycles. The van der Waals surface area contributed by atoms with Crippen molar-refractivity contribution in [2.24, 2.45) is 0 Å². The van der Waals surface area contributed by atoms with E-state index >= 15 is 0 Å². The molecule has 224 valence electrons. The number of aromatic nitrogens is 1. The highest BCUT2D eigenvalue weighted by molar-refractivity contribution is 7.92. The summed E-state index contributed by atoms with van der Waals surface area (Å²) in [6.45, 7) is 1.69. The number of piperidine rings is 1. The molecule has 0 saturated carbocycles. The van der Waals surface area contributed by atoms with E-state index in [0.717, 1.165) is 33.8 Å². The Bertz CT molecular complexity index is 1750. The lowest BCUT2D eigenvalue weighted by Gasteiger charge is -2.41. The molecule has 1 fully saturated rings. The molecule has 2 atom stereocenters. The molecule has 2 aliphatic rings. The topological polar surface area (TPSA) is 115 Å². The molecule has 0 radical (unpaired) electrons. The lowest BCUT2D eigenvalue weighted by molar-refractivity contribution is -0.136. The molecule has 9 nitrogen and oxygen atoms in total. The summed E-state index contributed by atoms with van der Waals surface area (Å²) in [4.78, 5) is 33.5. The van der Waals surface area contributed by atoms with Crippen molar-refractivity contribution in [1.29, 1.82) is 0 Å². The van der Waals surface area contributed by atoms with Crippen molar-refractivity contribution in [3.8, 4) is 0 Å². The Morgan fingerprint density at radius 3 is 2.42 bits per heavy atom. The predicted molar refractivity (Wildman–Crippen MR) is 168 cm³/mol. The number of hydrogen-bond donors (Lipinski definition) is 3. The van der Waals surface area contributed by atoms with Gasteiger partial charge in [-0.2, -0.15) is 0 Å². The number of rotatable bonds is 8.